The average molecular weight is 439 g/mol. The predicted octanol–water partition coefficient (Wildman–Crippen LogP) is 2.43. The SMILES string of the molecule is CCC(NC(=O)CN(c1ccc(C)cc1)S(C)(=O)=O)c1ccc(S(C)(=O)=O)cc1. The van der Waals surface area contributed by atoms with Gasteiger partial charge in [-0.2, -0.15) is 0 Å². The Morgan fingerprint density at radius 2 is 1.52 bits per heavy atom. The van der Waals surface area contributed by atoms with Crippen LogP contribution in [0.15, 0.2) is 53.4 Å². The summed E-state index contributed by atoms with van der Waals surface area (Å²) in [5.74, 6) is -0.449. The van der Waals surface area contributed by atoms with Gasteiger partial charge in [0.15, 0.2) is 9.84 Å². The Labute approximate surface area is 172 Å². The molecule has 2 aromatic carbocycles. The van der Waals surface area contributed by atoms with Crippen LogP contribution in [0.1, 0.15) is 30.5 Å². The molecule has 0 aliphatic heterocycles. The molecule has 0 spiro atoms. The summed E-state index contributed by atoms with van der Waals surface area (Å²) < 4.78 is 48.7. The lowest BCUT2D eigenvalue weighted by Gasteiger charge is -2.24. The molecule has 1 atom stereocenters. The van der Waals surface area contributed by atoms with E-state index in [9.17, 15) is 21.6 Å². The van der Waals surface area contributed by atoms with E-state index in [1.165, 1.54) is 12.1 Å². The highest BCUT2D eigenvalue weighted by Gasteiger charge is 2.22. The van der Waals surface area contributed by atoms with Crippen LogP contribution in [0.4, 0.5) is 5.69 Å². The average Bonchev–Trinajstić information content (AvgIpc) is 2.63. The summed E-state index contributed by atoms with van der Waals surface area (Å²) >= 11 is 0. The number of nitrogens with one attached hydrogen (secondary N) is 1. The van der Waals surface area contributed by atoms with Crippen LogP contribution in [0.3, 0.4) is 0 Å². The standard InChI is InChI=1S/C20H26N2O5S2/c1-5-19(16-8-12-18(13-9-16)28(3,24)25)21-20(23)14-22(29(4,26)27)17-10-6-15(2)7-11-17/h6-13,19H,5,14H2,1-4H3,(H,21,23). The molecule has 0 heterocycles. The van der Waals surface area contributed by atoms with Gasteiger partial charge in [0.1, 0.15) is 6.54 Å². The maximum absolute atomic E-state index is 12.6. The summed E-state index contributed by atoms with van der Waals surface area (Å²) in [5.41, 5.74) is 2.14. The van der Waals surface area contributed by atoms with E-state index in [0.29, 0.717) is 12.1 Å². The van der Waals surface area contributed by atoms with Gasteiger partial charge in [-0.3, -0.25) is 9.10 Å². The summed E-state index contributed by atoms with van der Waals surface area (Å²) in [6, 6.07) is 12.8. The second-order valence-electron chi connectivity index (χ2n) is 6.97. The molecule has 1 unspecified atom stereocenters. The Bertz CT molecular complexity index is 1060. The Hall–Kier alpha value is -2.39. The zero-order valence-electron chi connectivity index (χ0n) is 16.9. The summed E-state index contributed by atoms with van der Waals surface area (Å²) in [6.07, 6.45) is 2.75. The molecule has 0 aromatic heterocycles. The van der Waals surface area contributed by atoms with Crippen molar-refractivity contribution in [2.45, 2.75) is 31.2 Å². The van der Waals surface area contributed by atoms with Crippen molar-refractivity contribution in [3.63, 3.8) is 0 Å². The van der Waals surface area contributed by atoms with Crippen molar-refractivity contribution in [2.75, 3.05) is 23.4 Å². The number of anilines is 1. The van der Waals surface area contributed by atoms with Crippen LogP contribution in [0, 0.1) is 6.92 Å². The molecule has 9 heteroatoms. The van der Waals surface area contributed by atoms with E-state index < -0.39 is 25.8 Å². The summed E-state index contributed by atoms with van der Waals surface area (Å²) in [5, 5.41) is 2.83. The van der Waals surface area contributed by atoms with Gasteiger partial charge in [0.2, 0.25) is 15.9 Å². The molecule has 0 bridgehead atoms. The molecule has 7 nitrogen and oxygen atoms in total. The van der Waals surface area contributed by atoms with E-state index in [2.05, 4.69) is 5.32 Å². The van der Waals surface area contributed by atoms with Crippen LogP contribution in [-0.4, -0.2) is 41.8 Å². The Morgan fingerprint density at radius 1 is 0.966 bits per heavy atom. The number of aryl methyl sites for hydroxylation is 1. The van der Waals surface area contributed by atoms with Gasteiger partial charge in [-0.05, 0) is 43.2 Å². The lowest BCUT2D eigenvalue weighted by molar-refractivity contribution is -0.120. The lowest BCUT2D eigenvalue weighted by atomic mass is 10.0. The number of amides is 1. The molecule has 29 heavy (non-hydrogen) atoms. The van der Waals surface area contributed by atoms with Gasteiger partial charge in [0.25, 0.3) is 0 Å². The van der Waals surface area contributed by atoms with E-state index >= 15 is 0 Å². The van der Waals surface area contributed by atoms with Crippen molar-refractivity contribution >= 4 is 31.5 Å². The maximum Gasteiger partial charge on any atom is 0.241 e. The molecule has 1 N–H and O–H groups in total. The number of carbonyl (C=O) groups is 1. The zero-order chi connectivity index (χ0) is 21.8. The number of nitrogens with zero attached hydrogens (tertiary/aromatic N) is 1. The molecule has 0 saturated carbocycles. The van der Waals surface area contributed by atoms with Gasteiger partial charge in [-0.1, -0.05) is 36.8 Å². The van der Waals surface area contributed by atoms with Crippen molar-refractivity contribution in [1.29, 1.82) is 0 Å². The minimum atomic E-state index is -3.65. The molecule has 1 amide bonds. The number of hydrogen-bond donors (Lipinski definition) is 1. The fraction of sp³-hybridized carbons (Fsp3) is 0.350. The van der Waals surface area contributed by atoms with Crippen molar-refractivity contribution < 1.29 is 21.6 Å². The van der Waals surface area contributed by atoms with Crippen molar-refractivity contribution in [1.82, 2.24) is 5.32 Å². The number of rotatable bonds is 8. The molecule has 0 radical (unpaired) electrons. The van der Waals surface area contributed by atoms with Crippen LogP contribution < -0.4 is 9.62 Å². The molecular weight excluding hydrogens is 412 g/mol. The molecule has 2 rings (SSSR count). The number of hydrogen-bond acceptors (Lipinski definition) is 5. The quantitative estimate of drug-likeness (QED) is 0.682. The smallest absolute Gasteiger partial charge is 0.241 e. The Kier molecular flexibility index (Phi) is 7.07. The highest BCUT2D eigenvalue weighted by atomic mass is 32.2. The number of sulfone groups is 1. The number of benzene rings is 2. The first-order valence-corrected chi connectivity index (χ1v) is 12.8. The van der Waals surface area contributed by atoms with Gasteiger partial charge >= 0.3 is 0 Å². The van der Waals surface area contributed by atoms with Crippen LogP contribution in [0.2, 0.25) is 0 Å². The van der Waals surface area contributed by atoms with E-state index in [4.69, 9.17) is 0 Å². The number of carbonyl (C=O) groups excluding carboxylic acids is 1. The molecule has 158 valence electrons. The minimum Gasteiger partial charge on any atom is -0.348 e. The topological polar surface area (TPSA) is 101 Å². The van der Waals surface area contributed by atoms with Crippen molar-refractivity contribution in [2.24, 2.45) is 0 Å². The van der Waals surface area contributed by atoms with Crippen LogP contribution in [0.5, 0.6) is 0 Å². The lowest BCUT2D eigenvalue weighted by Crippen LogP contribution is -2.41. The maximum atomic E-state index is 12.6. The first-order chi connectivity index (χ1) is 13.4. The third kappa shape index (κ3) is 6.30. The van der Waals surface area contributed by atoms with Gasteiger partial charge in [0, 0.05) is 6.26 Å². The van der Waals surface area contributed by atoms with Gasteiger partial charge in [0.05, 0.1) is 22.9 Å². The van der Waals surface area contributed by atoms with E-state index in [0.717, 1.165) is 27.9 Å². The largest absolute Gasteiger partial charge is 0.348 e. The highest BCUT2D eigenvalue weighted by Crippen LogP contribution is 2.21. The molecule has 0 fully saturated rings. The minimum absolute atomic E-state index is 0.199. The van der Waals surface area contributed by atoms with Gasteiger partial charge in [-0.25, -0.2) is 16.8 Å². The van der Waals surface area contributed by atoms with Gasteiger partial charge in [-0.15, -0.1) is 0 Å². The summed E-state index contributed by atoms with van der Waals surface area (Å²) in [4.78, 5) is 12.8. The van der Waals surface area contributed by atoms with Crippen LogP contribution in [0.25, 0.3) is 0 Å². The van der Waals surface area contributed by atoms with Gasteiger partial charge < -0.3 is 5.32 Å². The zero-order valence-corrected chi connectivity index (χ0v) is 18.5. The number of sulfonamides is 1. The third-order valence-electron chi connectivity index (χ3n) is 4.46. The first kappa shape index (κ1) is 22.9. The Morgan fingerprint density at radius 3 is 1.97 bits per heavy atom. The molecule has 0 aliphatic carbocycles. The van der Waals surface area contributed by atoms with E-state index in [1.54, 1.807) is 36.4 Å². The van der Waals surface area contributed by atoms with Crippen LogP contribution in [-0.2, 0) is 24.7 Å². The van der Waals surface area contributed by atoms with E-state index in [1.807, 2.05) is 13.8 Å². The second-order valence-corrected chi connectivity index (χ2v) is 10.9. The molecular formula is C20H26N2O5S2. The first-order valence-electron chi connectivity index (χ1n) is 9.05. The van der Waals surface area contributed by atoms with Crippen molar-refractivity contribution in [3.05, 3.63) is 59.7 Å². The summed E-state index contributed by atoms with van der Waals surface area (Å²) in [7, 11) is -6.95. The molecule has 2 aromatic rings. The summed E-state index contributed by atoms with van der Waals surface area (Å²) in [6.45, 7) is 3.42. The fourth-order valence-corrected chi connectivity index (χ4v) is 4.34. The fourth-order valence-electron chi connectivity index (χ4n) is 2.85. The van der Waals surface area contributed by atoms with Crippen LogP contribution >= 0.6 is 0 Å². The Balaban J connectivity index is 2.18. The molecule has 0 saturated heterocycles. The third-order valence-corrected chi connectivity index (χ3v) is 6.73. The normalized spacial score (nSPS) is 13.0. The molecule has 0 aliphatic rings. The van der Waals surface area contributed by atoms with Crippen molar-refractivity contribution in [3.8, 4) is 0 Å². The second kappa shape index (κ2) is 8.96. The highest BCUT2D eigenvalue weighted by molar-refractivity contribution is 7.92. The van der Waals surface area contributed by atoms with E-state index in [-0.39, 0.29) is 17.5 Å². The predicted molar refractivity (Wildman–Crippen MR) is 114 cm³/mol. The monoisotopic (exact) mass is 438 g/mol.